The first-order chi connectivity index (χ1) is 12.8. The van der Waals surface area contributed by atoms with Crippen molar-refractivity contribution in [1.29, 1.82) is 0 Å². The zero-order valence-corrected chi connectivity index (χ0v) is 16.4. The van der Waals surface area contributed by atoms with Gasteiger partial charge < -0.3 is 19.7 Å². The molecule has 156 valence electrons. The van der Waals surface area contributed by atoms with E-state index < -0.39 is 30.4 Å². The van der Waals surface area contributed by atoms with Crippen LogP contribution in [0.15, 0.2) is 18.2 Å². The SMILES string of the molecule is C[C@H]1Oc2ccc(CN(CCCC(F)(F)F)C(=O)OC(C)(C)C)cc2NC1=O. The van der Waals surface area contributed by atoms with Crippen molar-refractivity contribution in [2.45, 2.75) is 65.0 Å². The predicted molar refractivity (Wildman–Crippen MR) is 97.1 cm³/mol. The van der Waals surface area contributed by atoms with E-state index in [1.807, 2.05) is 0 Å². The number of ether oxygens (including phenoxy) is 2. The Morgan fingerprint density at radius 1 is 1.29 bits per heavy atom. The molecule has 0 saturated carbocycles. The van der Waals surface area contributed by atoms with Crippen LogP contribution in [0.1, 0.15) is 46.1 Å². The van der Waals surface area contributed by atoms with E-state index in [-0.39, 0.29) is 25.4 Å². The molecule has 1 aliphatic heterocycles. The number of anilines is 1. The highest BCUT2D eigenvalue weighted by molar-refractivity contribution is 5.97. The number of benzene rings is 1. The van der Waals surface area contributed by atoms with Crippen LogP contribution in [0.4, 0.5) is 23.7 Å². The van der Waals surface area contributed by atoms with E-state index in [9.17, 15) is 22.8 Å². The van der Waals surface area contributed by atoms with E-state index in [0.717, 1.165) is 0 Å². The molecule has 0 unspecified atom stereocenters. The van der Waals surface area contributed by atoms with Crippen LogP contribution >= 0.6 is 0 Å². The lowest BCUT2D eigenvalue weighted by Gasteiger charge is -2.28. The Balaban J connectivity index is 2.13. The summed E-state index contributed by atoms with van der Waals surface area (Å²) in [6, 6.07) is 4.99. The van der Waals surface area contributed by atoms with Crippen LogP contribution in [0.2, 0.25) is 0 Å². The second kappa shape index (κ2) is 8.28. The average Bonchev–Trinajstić information content (AvgIpc) is 2.52. The maximum absolute atomic E-state index is 12.5. The Morgan fingerprint density at radius 3 is 2.57 bits per heavy atom. The minimum absolute atomic E-state index is 0.0471. The molecule has 1 N–H and O–H groups in total. The third kappa shape index (κ3) is 6.61. The van der Waals surface area contributed by atoms with Gasteiger partial charge >= 0.3 is 12.3 Å². The molecule has 1 aliphatic rings. The molecule has 1 aromatic carbocycles. The molecule has 0 saturated heterocycles. The number of halogens is 3. The molecule has 0 fully saturated rings. The van der Waals surface area contributed by atoms with Crippen LogP contribution in [0, 0.1) is 0 Å². The highest BCUT2D eigenvalue weighted by Gasteiger charge is 2.29. The van der Waals surface area contributed by atoms with E-state index in [4.69, 9.17) is 9.47 Å². The molecule has 6 nitrogen and oxygen atoms in total. The fourth-order valence-corrected chi connectivity index (χ4v) is 2.61. The molecule has 0 radical (unpaired) electrons. The second-order valence-corrected chi connectivity index (χ2v) is 7.70. The molecule has 0 aliphatic carbocycles. The zero-order chi connectivity index (χ0) is 21.1. The Labute approximate surface area is 162 Å². The molecule has 0 spiro atoms. The summed E-state index contributed by atoms with van der Waals surface area (Å²) in [4.78, 5) is 25.4. The predicted octanol–water partition coefficient (Wildman–Crippen LogP) is 4.49. The zero-order valence-electron chi connectivity index (χ0n) is 16.4. The van der Waals surface area contributed by atoms with E-state index in [1.54, 1.807) is 45.9 Å². The van der Waals surface area contributed by atoms with Gasteiger partial charge in [-0.1, -0.05) is 6.07 Å². The second-order valence-electron chi connectivity index (χ2n) is 7.70. The van der Waals surface area contributed by atoms with Gasteiger partial charge in [0.05, 0.1) is 5.69 Å². The van der Waals surface area contributed by atoms with E-state index in [0.29, 0.717) is 17.0 Å². The van der Waals surface area contributed by atoms with Crippen LogP contribution in [-0.4, -0.2) is 41.3 Å². The summed E-state index contributed by atoms with van der Waals surface area (Å²) < 4.78 is 48.2. The van der Waals surface area contributed by atoms with Crippen molar-refractivity contribution in [2.24, 2.45) is 0 Å². The molecule has 2 rings (SSSR count). The first kappa shape index (κ1) is 21.8. The topological polar surface area (TPSA) is 67.9 Å². The smallest absolute Gasteiger partial charge is 0.410 e. The first-order valence-electron chi connectivity index (χ1n) is 8.99. The Hall–Kier alpha value is -2.45. The highest BCUT2D eigenvalue weighted by Crippen LogP contribution is 2.31. The molecule has 2 amide bonds. The summed E-state index contributed by atoms with van der Waals surface area (Å²) in [5, 5.41) is 2.71. The summed E-state index contributed by atoms with van der Waals surface area (Å²) in [7, 11) is 0. The normalized spacial score (nSPS) is 16.7. The van der Waals surface area contributed by atoms with E-state index >= 15 is 0 Å². The van der Waals surface area contributed by atoms with Gasteiger partial charge in [0.25, 0.3) is 5.91 Å². The van der Waals surface area contributed by atoms with Gasteiger partial charge in [0, 0.05) is 19.5 Å². The number of amides is 2. The number of hydrogen-bond donors (Lipinski definition) is 1. The fraction of sp³-hybridized carbons (Fsp3) is 0.579. The first-order valence-corrected chi connectivity index (χ1v) is 8.99. The summed E-state index contributed by atoms with van der Waals surface area (Å²) >= 11 is 0. The lowest BCUT2D eigenvalue weighted by atomic mass is 10.1. The summed E-state index contributed by atoms with van der Waals surface area (Å²) in [5.41, 5.74) is 0.322. The number of carbonyl (C=O) groups excluding carboxylic acids is 2. The molecule has 1 atom stereocenters. The number of carbonyl (C=O) groups is 2. The third-order valence-corrected chi connectivity index (χ3v) is 3.89. The van der Waals surface area contributed by atoms with Crippen molar-refractivity contribution in [3.8, 4) is 5.75 Å². The lowest BCUT2D eigenvalue weighted by molar-refractivity contribution is -0.136. The highest BCUT2D eigenvalue weighted by atomic mass is 19.4. The summed E-state index contributed by atoms with van der Waals surface area (Å²) in [5.74, 6) is 0.204. The number of rotatable bonds is 5. The minimum Gasteiger partial charge on any atom is -0.479 e. The monoisotopic (exact) mass is 402 g/mol. The lowest BCUT2D eigenvalue weighted by Crippen LogP contribution is -2.37. The minimum atomic E-state index is -4.29. The number of nitrogens with zero attached hydrogens (tertiary/aromatic N) is 1. The van der Waals surface area contributed by atoms with Crippen molar-refractivity contribution in [3.63, 3.8) is 0 Å². The van der Waals surface area contributed by atoms with Gasteiger partial charge in [-0.3, -0.25) is 4.79 Å². The van der Waals surface area contributed by atoms with Gasteiger partial charge in [0.1, 0.15) is 11.4 Å². The van der Waals surface area contributed by atoms with Crippen molar-refractivity contribution in [3.05, 3.63) is 23.8 Å². The average molecular weight is 402 g/mol. The van der Waals surface area contributed by atoms with Crippen LogP contribution < -0.4 is 10.1 Å². The molecular weight excluding hydrogens is 377 g/mol. The van der Waals surface area contributed by atoms with Gasteiger partial charge in [0.2, 0.25) is 0 Å². The van der Waals surface area contributed by atoms with Gasteiger partial charge in [-0.15, -0.1) is 0 Å². The van der Waals surface area contributed by atoms with Gasteiger partial charge in [-0.25, -0.2) is 4.79 Å². The molecule has 1 heterocycles. The maximum Gasteiger partial charge on any atom is 0.410 e. The van der Waals surface area contributed by atoms with Gasteiger partial charge in [-0.05, 0) is 51.8 Å². The Bertz CT molecular complexity index is 729. The molecule has 1 aromatic rings. The van der Waals surface area contributed by atoms with Crippen molar-refractivity contribution < 1.29 is 32.2 Å². The molecule has 0 aromatic heterocycles. The molecule has 0 bridgehead atoms. The Morgan fingerprint density at radius 2 is 1.96 bits per heavy atom. The Kier molecular flexibility index (Phi) is 6.46. The van der Waals surface area contributed by atoms with Crippen molar-refractivity contribution in [2.75, 3.05) is 11.9 Å². The standard InChI is InChI=1S/C19H25F3N2O4/c1-12-16(25)23-14-10-13(6-7-15(14)27-12)11-24(9-5-8-19(20,21)22)17(26)28-18(2,3)4/h6-7,10,12H,5,8-9,11H2,1-4H3,(H,23,25)/t12-/m1/s1. The molecular formula is C19H25F3N2O4. The quantitative estimate of drug-likeness (QED) is 0.788. The van der Waals surface area contributed by atoms with Crippen LogP contribution in [0.5, 0.6) is 5.75 Å². The largest absolute Gasteiger partial charge is 0.479 e. The van der Waals surface area contributed by atoms with Crippen molar-refractivity contribution >= 4 is 17.7 Å². The van der Waals surface area contributed by atoms with E-state index in [2.05, 4.69) is 5.32 Å². The van der Waals surface area contributed by atoms with Crippen LogP contribution in [-0.2, 0) is 16.1 Å². The van der Waals surface area contributed by atoms with Crippen LogP contribution in [0.25, 0.3) is 0 Å². The molecule has 28 heavy (non-hydrogen) atoms. The van der Waals surface area contributed by atoms with E-state index in [1.165, 1.54) is 4.90 Å². The van der Waals surface area contributed by atoms with Crippen LogP contribution in [0.3, 0.4) is 0 Å². The van der Waals surface area contributed by atoms with Crippen molar-refractivity contribution in [1.82, 2.24) is 4.90 Å². The third-order valence-electron chi connectivity index (χ3n) is 3.89. The number of fused-ring (bicyclic) bond motifs is 1. The fourth-order valence-electron chi connectivity index (χ4n) is 2.61. The maximum atomic E-state index is 12.5. The molecule has 9 heteroatoms. The van der Waals surface area contributed by atoms with Gasteiger partial charge in [-0.2, -0.15) is 13.2 Å². The number of nitrogens with one attached hydrogen (secondary N) is 1. The number of hydrogen-bond acceptors (Lipinski definition) is 4. The summed E-state index contributed by atoms with van der Waals surface area (Å²) in [6.45, 7) is 6.62. The summed E-state index contributed by atoms with van der Waals surface area (Å²) in [6.07, 6.45) is -6.81. The number of alkyl halides is 3. The van der Waals surface area contributed by atoms with Gasteiger partial charge in [0.15, 0.2) is 6.10 Å².